The van der Waals surface area contributed by atoms with Crippen molar-refractivity contribution in [1.82, 2.24) is 5.32 Å². The van der Waals surface area contributed by atoms with E-state index in [1.165, 1.54) is 0 Å². The molecule has 0 saturated heterocycles. The maximum Gasteiger partial charge on any atom is 0.389 e. The van der Waals surface area contributed by atoms with Gasteiger partial charge in [-0.25, -0.2) is 8.78 Å². The predicted octanol–water partition coefficient (Wildman–Crippen LogP) is 4.19. The number of hydrogen-bond acceptors (Lipinski definition) is 2. The predicted molar refractivity (Wildman–Crippen MR) is 69.1 cm³/mol. The highest BCUT2D eigenvalue weighted by Gasteiger charge is 2.26. The number of alkyl halides is 3. The Morgan fingerprint density at radius 1 is 1.14 bits per heavy atom. The molecule has 0 spiro atoms. The van der Waals surface area contributed by atoms with Crippen LogP contribution in [-0.2, 0) is 6.54 Å². The minimum Gasteiger partial charge on any atom is -0.488 e. The van der Waals surface area contributed by atoms with Gasteiger partial charge in [0.15, 0.2) is 17.4 Å². The number of nitrogens with one attached hydrogen (secondary N) is 1. The van der Waals surface area contributed by atoms with Gasteiger partial charge in [0, 0.05) is 13.0 Å². The van der Waals surface area contributed by atoms with Crippen LogP contribution in [0.25, 0.3) is 0 Å². The second-order valence-electron chi connectivity index (χ2n) is 4.63. The SMILES string of the molecule is CCCNCc1cc(F)c(OCCCC(F)(F)F)c(F)c1. The summed E-state index contributed by atoms with van der Waals surface area (Å²) in [7, 11) is 0. The molecule has 0 amide bonds. The fourth-order valence-electron chi connectivity index (χ4n) is 1.71. The average molecular weight is 311 g/mol. The van der Waals surface area contributed by atoms with E-state index in [1.54, 1.807) is 0 Å². The van der Waals surface area contributed by atoms with E-state index >= 15 is 0 Å². The van der Waals surface area contributed by atoms with Gasteiger partial charge >= 0.3 is 6.18 Å². The first-order valence-corrected chi connectivity index (χ1v) is 6.71. The van der Waals surface area contributed by atoms with Crippen LogP contribution in [0.3, 0.4) is 0 Å². The molecule has 0 unspecified atom stereocenters. The second kappa shape index (κ2) is 8.17. The summed E-state index contributed by atoms with van der Waals surface area (Å²) in [5, 5.41) is 3.00. The van der Waals surface area contributed by atoms with E-state index in [9.17, 15) is 22.0 Å². The molecule has 0 fully saturated rings. The van der Waals surface area contributed by atoms with E-state index in [0.717, 1.165) is 25.1 Å². The number of ether oxygens (including phenoxy) is 1. The molecule has 2 nitrogen and oxygen atoms in total. The smallest absolute Gasteiger partial charge is 0.389 e. The van der Waals surface area contributed by atoms with Crippen molar-refractivity contribution in [2.24, 2.45) is 0 Å². The lowest BCUT2D eigenvalue weighted by molar-refractivity contribution is -0.136. The Morgan fingerprint density at radius 2 is 1.76 bits per heavy atom. The molecule has 1 N–H and O–H groups in total. The topological polar surface area (TPSA) is 21.3 Å². The second-order valence-corrected chi connectivity index (χ2v) is 4.63. The van der Waals surface area contributed by atoms with Gasteiger partial charge in [-0.2, -0.15) is 13.2 Å². The molecule has 0 atom stereocenters. The molecular weight excluding hydrogens is 293 g/mol. The average Bonchev–Trinajstić information content (AvgIpc) is 2.36. The monoisotopic (exact) mass is 311 g/mol. The zero-order valence-corrected chi connectivity index (χ0v) is 11.7. The van der Waals surface area contributed by atoms with Gasteiger partial charge in [0.1, 0.15) is 0 Å². The van der Waals surface area contributed by atoms with E-state index in [2.05, 4.69) is 5.32 Å². The Kier molecular flexibility index (Phi) is 6.87. The van der Waals surface area contributed by atoms with Crippen LogP contribution in [0.15, 0.2) is 12.1 Å². The summed E-state index contributed by atoms with van der Waals surface area (Å²) in [5.41, 5.74) is 0.418. The first-order chi connectivity index (χ1) is 9.83. The molecule has 0 aromatic heterocycles. The first kappa shape index (κ1) is 17.7. The largest absolute Gasteiger partial charge is 0.488 e. The van der Waals surface area contributed by atoms with Gasteiger partial charge in [0.25, 0.3) is 0 Å². The summed E-state index contributed by atoms with van der Waals surface area (Å²) in [6.45, 7) is 2.61. The summed E-state index contributed by atoms with van der Waals surface area (Å²) in [6.07, 6.45) is -4.79. The van der Waals surface area contributed by atoms with E-state index in [4.69, 9.17) is 4.74 Å². The Balaban J connectivity index is 2.55. The normalized spacial score (nSPS) is 11.7. The van der Waals surface area contributed by atoms with Crippen LogP contribution in [-0.4, -0.2) is 19.3 Å². The van der Waals surface area contributed by atoms with Crippen LogP contribution in [0.5, 0.6) is 5.75 Å². The third-order valence-corrected chi connectivity index (χ3v) is 2.66. The molecule has 1 aromatic rings. The van der Waals surface area contributed by atoms with E-state index in [1.807, 2.05) is 6.92 Å². The molecule has 0 saturated carbocycles. The molecule has 1 rings (SSSR count). The highest BCUT2D eigenvalue weighted by atomic mass is 19.4. The molecule has 1 aromatic carbocycles. The van der Waals surface area contributed by atoms with Crippen LogP contribution >= 0.6 is 0 Å². The minimum atomic E-state index is -4.30. The van der Waals surface area contributed by atoms with Crippen molar-refractivity contribution >= 4 is 0 Å². The van der Waals surface area contributed by atoms with Crippen LogP contribution in [0, 0.1) is 11.6 Å². The molecule has 0 radical (unpaired) electrons. The van der Waals surface area contributed by atoms with Gasteiger partial charge in [-0.1, -0.05) is 6.92 Å². The minimum absolute atomic E-state index is 0.316. The molecule has 0 aliphatic heterocycles. The van der Waals surface area contributed by atoms with Gasteiger partial charge in [-0.3, -0.25) is 0 Å². The molecule has 0 aliphatic rings. The molecule has 0 heterocycles. The number of benzene rings is 1. The third-order valence-electron chi connectivity index (χ3n) is 2.66. The summed E-state index contributed by atoms with van der Waals surface area (Å²) >= 11 is 0. The fourth-order valence-corrected chi connectivity index (χ4v) is 1.71. The van der Waals surface area contributed by atoms with Gasteiger partial charge in [-0.05, 0) is 37.1 Å². The van der Waals surface area contributed by atoms with Crippen LogP contribution in [0.2, 0.25) is 0 Å². The van der Waals surface area contributed by atoms with Gasteiger partial charge in [0.2, 0.25) is 0 Å². The van der Waals surface area contributed by atoms with Crippen LogP contribution < -0.4 is 10.1 Å². The Hall–Kier alpha value is -1.37. The summed E-state index contributed by atoms with van der Waals surface area (Å²) < 4.78 is 67.9. The zero-order valence-electron chi connectivity index (χ0n) is 11.7. The van der Waals surface area contributed by atoms with Crippen LogP contribution in [0.4, 0.5) is 22.0 Å². The molecule has 120 valence electrons. The Labute approximate surface area is 120 Å². The zero-order chi connectivity index (χ0) is 15.9. The number of rotatable bonds is 8. The van der Waals surface area contributed by atoms with E-state index in [0.29, 0.717) is 12.1 Å². The van der Waals surface area contributed by atoms with Crippen molar-refractivity contribution in [2.45, 2.75) is 38.9 Å². The highest BCUT2D eigenvalue weighted by Crippen LogP contribution is 2.25. The summed E-state index contributed by atoms with van der Waals surface area (Å²) in [6, 6.07) is 2.23. The lowest BCUT2D eigenvalue weighted by Gasteiger charge is -2.11. The maximum absolute atomic E-state index is 13.7. The molecule has 21 heavy (non-hydrogen) atoms. The quantitative estimate of drug-likeness (QED) is 0.574. The van der Waals surface area contributed by atoms with Gasteiger partial charge < -0.3 is 10.1 Å². The summed E-state index contributed by atoms with van der Waals surface area (Å²) in [4.78, 5) is 0. The molecular formula is C14H18F5NO. The van der Waals surface area contributed by atoms with Gasteiger partial charge in [-0.15, -0.1) is 0 Å². The van der Waals surface area contributed by atoms with Crippen LogP contribution in [0.1, 0.15) is 31.7 Å². The molecule has 7 heteroatoms. The van der Waals surface area contributed by atoms with E-state index < -0.39 is 30.0 Å². The third kappa shape index (κ3) is 6.75. The lowest BCUT2D eigenvalue weighted by atomic mass is 10.2. The molecule has 0 aliphatic carbocycles. The molecule has 0 bridgehead atoms. The first-order valence-electron chi connectivity index (χ1n) is 6.71. The number of halogens is 5. The Morgan fingerprint density at radius 3 is 2.29 bits per heavy atom. The van der Waals surface area contributed by atoms with Crippen molar-refractivity contribution in [1.29, 1.82) is 0 Å². The van der Waals surface area contributed by atoms with Crippen molar-refractivity contribution in [3.63, 3.8) is 0 Å². The fraction of sp³-hybridized carbons (Fsp3) is 0.571. The maximum atomic E-state index is 13.7. The number of hydrogen-bond donors (Lipinski definition) is 1. The lowest BCUT2D eigenvalue weighted by Crippen LogP contribution is -2.14. The highest BCUT2D eigenvalue weighted by molar-refractivity contribution is 5.31. The standard InChI is InChI=1S/C14H18F5NO/c1-2-5-20-9-10-7-11(15)13(12(16)8-10)21-6-3-4-14(17,18)19/h7-8,20H,2-6,9H2,1H3. The summed E-state index contributed by atoms with van der Waals surface area (Å²) in [5.74, 6) is -2.44. The van der Waals surface area contributed by atoms with Gasteiger partial charge in [0.05, 0.1) is 6.61 Å². The Bertz CT molecular complexity index is 424. The van der Waals surface area contributed by atoms with Crippen molar-refractivity contribution in [3.8, 4) is 5.75 Å². The van der Waals surface area contributed by atoms with Crippen molar-refractivity contribution in [2.75, 3.05) is 13.2 Å². The van der Waals surface area contributed by atoms with Crippen molar-refractivity contribution in [3.05, 3.63) is 29.3 Å². The van der Waals surface area contributed by atoms with Crippen molar-refractivity contribution < 1.29 is 26.7 Å². The van der Waals surface area contributed by atoms with E-state index in [-0.39, 0.29) is 13.0 Å².